The number of anilines is 2. The zero-order valence-corrected chi connectivity index (χ0v) is 12.4. The van der Waals surface area contributed by atoms with E-state index in [1.165, 1.54) is 25.4 Å². The molecular formula is C15H13F2N5O. The quantitative estimate of drug-likeness (QED) is 0.772. The SMILES string of the molecule is CNc1nc(-c2c(F)ccc(OC)c2F)cc2cnc(N)nc12. The molecule has 0 spiro atoms. The zero-order valence-electron chi connectivity index (χ0n) is 12.4. The fourth-order valence-electron chi connectivity index (χ4n) is 2.28. The second-order valence-corrected chi connectivity index (χ2v) is 4.71. The van der Waals surface area contributed by atoms with E-state index in [2.05, 4.69) is 20.3 Å². The molecule has 0 saturated carbocycles. The van der Waals surface area contributed by atoms with Gasteiger partial charge in [-0.25, -0.2) is 23.7 Å². The van der Waals surface area contributed by atoms with Crippen LogP contribution < -0.4 is 15.8 Å². The third kappa shape index (κ3) is 2.48. The van der Waals surface area contributed by atoms with E-state index >= 15 is 0 Å². The van der Waals surface area contributed by atoms with E-state index in [1.807, 2.05) is 0 Å². The number of ether oxygens (including phenoxy) is 1. The van der Waals surface area contributed by atoms with E-state index in [-0.39, 0.29) is 23.0 Å². The Hall–Kier alpha value is -3.03. The fourth-order valence-corrected chi connectivity index (χ4v) is 2.28. The number of aromatic nitrogens is 3. The first-order valence-electron chi connectivity index (χ1n) is 6.68. The zero-order chi connectivity index (χ0) is 16.6. The Morgan fingerprint density at radius 1 is 1.22 bits per heavy atom. The van der Waals surface area contributed by atoms with Crippen LogP contribution >= 0.6 is 0 Å². The van der Waals surface area contributed by atoms with Crippen molar-refractivity contribution in [1.82, 2.24) is 15.0 Å². The second kappa shape index (κ2) is 5.64. The van der Waals surface area contributed by atoms with Crippen molar-refractivity contribution < 1.29 is 13.5 Å². The summed E-state index contributed by atoms with van der Waals surface area (Å²) in [5, 5.41) is 3.39. The number of fused-ring (bicyclic) bond motifs is 1. The number of nitrogen functional groups attached to an aromatic ring is 1. The summed E-state index contributed by atoms with van der Waals surface area (Å²) in [6.07, 6.45) is 1.47. The summed E-state index contributed by atoms with van der Waals surface area (Å²) in [5.41, 5.74) is 5.86. The predicted octanol–water partition coefficient (Wildman–Crippen LogP) is 2.60. The van der Waals surface area contributed by atoms with Gasteiger partial charge in [-0.05, 0) is 18.2 Å². The van der Waals surface area contributed by atoms with E-state index in [0.717, 1.165) is 6.07 Å². The summed E-state index contributed by atoms with van der Waals surface area (Å²) < 4.78 is 33.5. The molecule has 0 bridgehead atoms. The van der Waals surface area contributed by atoms with Gasteiger partial charge >= 0.3 is 0 Å². The Morgan fingerprint density at radius 2 is 2.00 bits per heavy atom. The molecule has 2 heterocycles. The van der Waals surface area contributed by atoms with Crippen LogP contribution in [0.3, 0.4) is 0 Å². The molecule has 0 aliphatic carbocycles. The van der Waals surface area contributed by atoms with Gasteiger partial charge in [0.2, 0.25) is 5.95 Å². The predicted molar refractivity (Wildman–Crippen MR) is 83.2 cm³/mol. The highest BCUT2D eigenvalue weighted by atomic mass is 19.1. The van der Waals surface area contributed by atoms with E-state index in [9.17, 15) is 8.78 Å². The van der Waals surface area contributed by atoms with Gasteiger partial charge in [0, 0.05) is 18.6 Å². The monoisotopic (exact) mass is 317 g/mol. The van der Waals surface area contributed by atoms with Gasteiger partial charge < -0.3 is 15.8 Å². The minimum absolute atomic E-state index is 0.0668. The summed E-state index contributed by atoms with van der Waals surface area (Å²) in [7, 11) is 2.94. The highest BCUT2D eigenvalue weighted by Gasteiger charge is 2.19. The van der Waals surface area contributed by atoms with Crippen molar-refractivity contribution >= 4 is 22.7 Å². The lowest BCUT2D eigenvalue weighted by molar-refractivity contribution is 0.385. The summed E-state index contributed by atoms with van der Waals surface area (Å²) in [6, 6.07) is 3.84. The van der Waals surface area contributed by atoms with Crippen LogP contribution in [0.2, 0.25) is 0 Å². The molecule has 1 aromatic carbocycles. The normalized spacial score (nSPS) is 10.8. The number of halogens is 2. The number of pyridine rings is 1. The van der Waals surface area contributed by atoms with Crippen LogP contribution in [-0.2, 0) is 0 Å². The summed E-state index contributed by atoms with van der Waals surface area (Å²) in [5.74, 6) is -1.20. The Labute approximate surface area is 130 Å². The molecule has 3 aromatic rings. The lowest BCUT2D eigenvalue weighted by Crippen LogP contribution is -2.02. The maximum absolute atomic E-state index is 14.4. The Balaban J connectivity index is 2.31. The van der Waals surface area contributed by atoms with Crippen LogP contribution in [0.25, 0.3) is 22.2 Å². The van der Waals surface area contributed by atoms with Crippen LogP contribution in [0.4, 0.5) is 20.5 Å². The van der Waals surface area contributed by atoms with Crippen molar-refractivity contribution in [3.05, 3.63) is 36.0 Å². The summed E-state index contributed by atoms with van der Waals surface area (Å²) in [4.78, 5) is 12.2. The summed E-state index contributed by atoms with van der Waals surface area (Å²) >= 11 is 0. The molecule has 23 heavy (non-hydrogen) atoms. The highest BCUT2D eigenvalue weighted by Crippen LogP contribution is 2.33. The van der Waals surface area contributed by atoms with Gasteiger partial charge in [0.15, 0.2) is 17.4 Å². The van der Waals surface area contributed by atoms with E-state index in [1.54, 1.807) is 7.05 Å². The summed E-state index contributed by atoms with van der Waals surface area (Å²) in [6.45, 7) is 0. The van der Waals surface area contributed by atoms with Crippen LogP contribution in [0.5, 0.6) is 5.75 Å². The fraction of sp³-hybridized carbons (Fsp3) is 0.133. The minimum atomic E-state index is -0.822. The van der Waals surface area contributed by atoms with Crippen molar-refractivity contribution in [2.75, 3.05) is 25.2 Å². The molecule has 0 aliphatic rings. The molecule has 8 heteroatoms. The van der Waals surface area contributed by atoms with Crippen molar-refractivity contribution in [3.63, 3.8) is 0 Å². The second-order valence-electron chi connectivity index (χ2n) is 4.71. The first-order valence-corrected chi connectivity index (χ1v) is 6.68. The molecule has 3 N–H and O–H groups in total. The third-order valence-electron chi connectivity index (χ3n) is 3.35. The lowest BCUT2D eigenvalue weighted by Gasteiger charge is -2.11. The lowest BCUT2D eigenvalue weighted by atomic mass is 10.1. The first-order chi connectivity index (χ1) is 11.0. The molecule has 0 fully saturated rings. The largest absolute Gasteiger partial charge is 0.494 e. The number of hydrogen-bond donors (Lipinski definition) is 2. The highest BCUT2D eigenvalue weighted by molar-refractivity contribution is 5.91. The van der Waals surface area contributed by atoms with E-state index < -0.39 is 11.6 Å². The number of methoxy groups -OCH3 is 1. The molecule has 118 valence electrons. The first kappa shape index (κ1) is 14.9. The molecule has 0 unspecified atom stereocenters. The van der Waals surface area contributed by atoms with Gasteiger partial charge in [-0.3, -0.25) is 0 Å². The molecule has 0 atom stereocenters. The minimum Gasteiger partial charge on any atom is -0.494 e. The van der Waals surface area contributed by atoms with Gasteiger partial charge in [-0.15, -0.1) is 0 Å². The van der Waals surface area contributed by atoms with Crippen molar-refractivity contribution in [2.24, 2.45) is 0 Å². The van der Waals surface area contributed by atoms with Gasteiger partial charge in [-0.2, -0.15) is 0 Å². The number of benzene rings is 1. The topological polar surface area (TPSA) is 86.0 Å². The standard InChI is InChI=1S/C15H13F2N5O/c1-19-14-13-7(6-20-15(18)22-13)5-9(21-14)11-8(16)3-4-10(23-2)12(11)17/h3-6H,1-2H3,(H,19,21)(H2,18,20,22). The molecular weight excluding hydrogens is 304 g/mol. The number of nitrogens with zero attached hydrogens (tertiary/aromatic N) is 3. The van der Waals surface area contributed by atoms with Crippen LogP contribution in [0.15, 0.2) is 24.4 Å². The average Bonchev–Trinajstić information content (AvgIpc) is 2.54. The third-order valence-corrected chi connectivity index (χ3v) is 3.35. The maximum Gasteiger partial charge on any atom is 0.220 e. The molecule has 0 saturated heterocycles. The van der Waals surface area contributed by atoms with Gasteiger partial charge in [0.1, 0.15) is 11.3 Å². The molecule has 0 radical (unpaired) electrons. The average molecular weight is 317 g/mol. The molecule has 3 rings (SSSR count). The van der Waals surface area contributed by atoms with Crippen LogP contribution in [0, 0.1) is 11.6 Å². The Morgan fingerprint density at radius 3 is 2.70 bits per heavy atom. The van der Waals surface area contributed by atoms with E-state index in [4.69, 9.17) is 10.5 Å². The van der Waals surface area contributed by atoms with Crippen molar-refractivity contribution in [2.45, 2.75) is 0 Å². The Bertz CT molecular complexity index is 901. The van der Waals surface area contributed by atoms with Gasteiger partial charge in [0.25, 0.3) is 0 Å². The number of nitrogens with two attached hydrogens (primary N) is 1. The Kier molecular flexibility index (Phi) is 3.65. The number of nitrogens with one attached hydrogen (secondary N) is 1. The van der Waals surface area contributed by atoms with Gasteiger partial charge in [0.05, 0.1) is 18.4 Å². The molecule has 0 aliphatic heterocycles. The molecule has 2 aromatic heterocycles. The smallest absolute Gasteiger partial charge is 0.220 e. The molecule has 0 amide bonds. The van der Waals surface area contributed by atoms with Crippen LogP contribution in [0.1, 0.15) is 0 Å². The van der Waals surface area contributed by atoms with Crippen LogP contribution in [-0.4, -0.2) is 29.1 Å². The van der Waals surface area contributed by atoms with Crippen molar-refractivity contribution in [3.8, 4) is 17.0 Å². The molecule has 6 nitrogen and oxygen atoms in total. The maximum atomic E-state index is 14.4. The number of hydrogen-bond acceptors (Lipinski definition) is 6. The van der Waals surface area contributed by atoms with Crippen molar-refractivity contribution in [1.29, 1.82) is 0 Å². The van der Waals surface area contributed by atoms with E-state index in [0.29, 0.717) is 16.7 Å². The van der Waals surface area contributed by atoms with Gasteiger partial charge in [-0.1, -0.05) is 0 Å². The number of rotatable bonds is 3.